The Hall–Kier alpha value is -1.95. The summed E-state index contributed by atoms with van der Waals surface area (Å²) in [5.41, 5.74) is 3.19. The van der Waals surface area contributed by atoms with Crippen molar-refractivity contribution >= 4 is 17.4 Å². The standard InChI is InChI=1S/C14H16ClN5O/c1-14(2)5-12-10(6-17-20(12)8-14)9-4-13(19(3)18-21)16-7-11(9)15/h4,6-7H,5,8H2,1-3H3. The maximum atomic E-state index is 10.6. The molecule has 0 amide bonds. The predicted molar refractivity (Wildman–Crippen MR) is 82.2 cm³/mol. The average Bonchev–Trinajstić information content (AvgIpc) is 2.93. The van der Waals surface area contributed by atoms with Crippen LogP contribution < -0.4 is 5.01 Å². The van der Waals surface area contributed by atoms with Crippen LogP contribution in [0.2, 0.25) is 5.02 Å². The topological polar surface area (TPSA) is 63.4 Å². The van der Waals surface area contributed by atoms with Crippen LogP contribution in [0.5, 0.6) is 0 Å². The fourth-order valence-electron chi connectivity index (χ4n) is 2.73. The summed E-state index contributed by atoms with van der Waals surface area (Å²) in [5, 5.41) is 9.02. The zero-order valence-corrected chi connectivity index (χ0v) is 12.9. The molecule has 6 nitrogen and oxygen atoms in total. The Morgan fingerprint density at radius 1 is 1.38 bits per heavy atom. The summed E-state index contributed by atoms with van der Waals surface area (Å²) in [6.07, 6.45) is 4.31. The van der Waals surface area contributed by atoms with Gasteiger partial charge in [0, 0.05) is 36.6 Å². The molecule has 0 fully saturated rings. The highest BCUT2D eigenvalue weighted by atomic mass is 35.5. The van der Waals surface area contributed by atoms with Gasteiger partial charge in [0.05, 0.1) is 16.5 Å². The normalized spacial score (nSPS) is 15.8. The Morgan fingerprint density at radius 3 is 2.86 bits per heavy atom. The largest absolute Gasteiger partial charge is 0.268 e. The minimum atomic E-state index is 0.196. The summed E-state index contributed by atoms with van der Waals surface area (Å²) in [6, 6.07) is 1.77. The second-order valence-electron chi connectivity index (χ2n) is 6.13. The van der Waals surface area contributed by atoms with Crippen molar-refractivity contribution in [3.63, 3.8) is 0 Å². The molecule has 2 aromatic heterocycles. The van der Waals surface area contributed by atoms with Crippen molar-refractivity contribution in [3.05, 3.63) is 34.1 Å². The van der Waals surface area contributed by atoms with Gasteiger partial charge in [-0.3, -0.25) is 4.68 Å². The molecule has 0 unspecified atom stereocenters. The van der Waals surface area contributed by atoms with Gasteiger partial charge in [0.15, 0.2) is 5.82 Å². The maximum absolute atomic E-state index is 10.6. The molecule has 0 bridgehead atoms. The van der Waals surface area contributed by atoms with Crippen LogP contribution in [0.25, 0.3) is 11.1 Å². The lowest BCUT2D eigenvalue weighted by Crippen LogP contribution is -2.12. The summed E-state index contributed by atoms with van der Waals surface area (Å²) in [6.45, 7) is 5.33. The Labute approximate surface area is 127 Å². The Morgan fingerprint density at radius 2 is 2.14 bits per heavy atom. The van der Waals surface area contributed by atoms with E-state index in [0.29, 0.717) is 10.8 Å². The van der Waals surface area contributed by atoms with Gasteiger partial charge in [0.1, 0.15) is 0 Å². The molecule has 1 aliphatic rings. The number of halogens is 1. The third-order valence-electron chi connectivity index (χ3n) is 3.76. The smallest absolute Gasteiger partial charge is 0.152 e. The number of rotatable bonds is 3. The third-order valence-corrected chi connectivity index (χ3v) is 4.06. The molecule has 0 aliphatic carbocycles. The first kappa shape index (κ1) is 14.0. The molecular weight excluding hydrogens is 290 g/mol. The van der Waals surface area contributed by atoms with Crippen molar-refractivity contribution in [2.75, 3.05) is 12.1 Å². The Bertz CT molecular complexity index is 709. The summed E-state index contributed by atoms with van der Waals surface area (Å²) < 4.78 is 2.02. The fraction of sp³-hybridized carbons (Fsp3) is 0.429. The summed E-state index contributed by atoms with van der Waals surface area (Å²) in [5.74, 6) is 0.460. The quantitative estimate of drug-likeness (QED) is 0.645. The van der Waals surface area contributed by atoms with Crippen LogP contribution in [0, 0.1) is 10.3 Å². The monoisotopic (exact) mass is 305 g/mol. The molecule has 110 valence electrons. The van der Waals surface area contributed by atoms with Gasteiger partial charge in [0.25, 0.3) is 0 Å². The molecule has 0 spiro atoms. The number of hydrogen-bond donors (Lipinski definition) is 0. The van der Waals surface area contributed by atoms with Crippen molar-refractivity contribution in [3.8, 4) is 11.1 Å². The third kappa shape index (κ3) is 2.40. The predicted octanol–water partition coefficient (Wildman–Crippen LogP) is 3.30. The van der Waals surface area contributed by atoms with Gasteiger partial charge < -0.3 is 0 Å². The Balaban J connectivity index is 2.08. The maximum Gasteiger partial charge on any atom is 0.152 e. The van der Waals surface area contributed by atoms with Gasteiger partial charge in [0.2, 0.25) is 0 Å². The van der Waals surface area contributed by atoms with E-state index in [0.717, 1.165) is 24.1 Å². The molecule has 1 aliphatic heterocycles. The summed E-state index contributed by atoms with van der Waals surface area (Å²) >= 11 is 6.28. The lowest BCUT2D eigenvalue weighted by atomic mass is 9.89. The number of nitrogens with zero attached hydrogens (tertiary/aromatic N) is 5. The molecule has 2 aromatic rings. The van der Waals surface area contributed by atoms with Gasteiger partial charge >= 0.3 is 0 Å². The van der Waals surface area contributed by atoms with Crippen LogP contribution in [0.1, 0.15) is 19.5 Å². The van der Waals surface area contributed by atoms with E-state index < -0.39 is 0 Å². The first-order chi connectivity index (χ1) is 9.91. The molecule has 0 saturated heterocycles. The zero-order chi connectivity index (χ0) is 15.2. The van der Waals surface area contributed by atoms with E-state index in [9.17, 15) is 4.91 Å². The van der Waals surface area contributed by atoms with Gasteiger partial charge in [-0.15, -0.1) is 4.91 Å². The molecule has 0 saturated carbocycles. The molecule has 0 aromatic carbocycles. The van der Waals surface area contributed by atoms with E-state index >= 15 is 0 Å². The number of nitroso groups, excluding NO2 is 1. The second-order valence-corrected chi connectivity index (χ2v) is 6.54. The van der Waals surface area contributed by atoms with Crippen LogP contribution in [0.3, 0.4) is 0 Å². The number of hydrogen-bond acceptors (Lipinski definition) is 4. The molecule has 0 radical (unpaired) electrons. The van der Waals surface area contributed by atoms with E-state index in [-0.39, 0.29) is 5.41 Å². The van der Waals surface area contributed by atoms with Crippen molar-refractivity contribution in [1.29, 1.82) is 0 Å². The summed E-state index contributed by atoms with van der Waals surface area (Å²) in [7, 11) is 1.55. The first-order valence-electron chi connectivity index (χ1n) is 6.69. The van der Waals surface area contributed by atoms with E-state index in [1.165, 1.54) is 16.9 Å². The minimum absolute atomic E-state index is 0.196. The molecule has 0 atom stereocenters. The zero-order valence-electron chi connectivity index (χ0n) is 12.2. The van der Waals surface area contributed by atoms with Gasteiger partial charge in [-0.25, -0.2) is 9.99 Å². The van der Waals surface area contributed by atoms with Crippen molar-refractivity contribution < 1.29 is 0 Å². The number of aromatic nitrogens is 3. The van der Waals surface area contributed by atoms with Gasteiger partial charge in [-0.1, -0.05) is 25.4 Å². The van der Waals surface area contributed by atoms with Crippen LogP contribution in [-0.4, -0.2) is 21.8 Å². The minimum Gasteiger partial charge on any atom is -0.268 e. The highest BCUT2D eigenvalue weighted by molar-refractivity contribution is 6.33. The van der Waals surface area contributed by atoms with Crippen LogP contribution in [-0.2, 0) is 13.0 Å². The van der Waals surface area contributed by atoms with Crippen molar-refractivity contribution in [2.24, 2.45) is 10.7 Å². The lowest BCUT2D eigenvalue weighted by molar-refractivity contribution is 0.347. The number of pyridine rings is 1. The molecule has 3 rings (SSSR count). The van der Waals surface area contributed by atoms with E-state index in [4.69, 9.17) is 11.6 Å². The number of fused-ring (bicyclic) bond motifs is 1. The van der Waals surface area contributed by atoms with Gasteiger partial charge in [-0.2, -0.15) is 5.10 Å². The van der Waals surface area contributed by atoms with Crippen LogP contribution in [0.15, 0.2) is 23.7 Å². The molecule has 21 heavy (non-hydrogen) atoms. The molecule has 7 heteroatoms. The fourth-order valence-corrected chi connectivity index (χ4v) is 2.93. The first-order valence-corrected chi connectivity index (χ1v) is 7.07. The van der Waals surface area contributed by atoms with E-state index in [1.54, 1.807) is 13.1 Å². The van der Waals surface area contributed by atoms with Crippen molar-refractivity contribution in [2.45, 2.75) is 26.8 Å². The highest BCUT2D eigenvalue weighted by Crippen LogP contribution is 2.39. The highest BCUT2D eigenvalue weighted by Gasteiger charge is 2.32. The second kappa shape index (κ2) is 4.80. The Kier molecular flexibility index (Phi) is 3.20. The van der Waals surface area contributed by atoms with Crippen molar-refractivity contribution in [1.82, 2.24) is 14.8 Å². The molecular formula is C14H16ClN5O. The van der Waals surface area contributed by atoms with E-state index in [2.05, 4.69) is 29.2 Å². The molecule has 0 N–H and O–H groups in total. The molecule has 3 heterocycles. The number of anilines is 1. The lowest BCUT2D eigenvalue weighted by Gasteiger charge is -2.15. The average molecular weight is 306 g/mol. The van der Waals surface area contributed by atoms with Crippen LogP contribution in [0.4, 0.5) is 5.82 Å². The van der Waals surface area contributed by atoms with Crippen LogP contribution >= 0.6 is 11.6 Å². The SMILES string of the molecule is CN(N=O)c1cc(-c2cnn3c2CC(C)(C)C3)c(Cl)cn1. The van der Waals surface area contributed by atoms with E-state index in [1.807, 2.05) is 10.9 Å². The van der Waals surface area contributed by atoms with Gasteiger partial charge in [-0.05, 0) is 17.9 Å². The summed E-state index contributed by atoms with van der Waals surface area (Å²) in [4.78, 5) is 14.8.